The van der Waals surface area contributed by atoms with Crippen LogP contribution in [0.25, 0.3) is 0 Å². The molecule has 0 bridgehead atoms. The predicted octanol–water partition coefficient (Wildman–Crippen LogP) is 5.88. The highest BCUT2D eigenvalue weighted by Gasteiger charge is 2.19. The van der Waals surface area contributed by atoms with Crippen LogP contribution in [-0.4, -0.2) is 25.8 Å². The fourth-order valence-electron chi connectivity index (χ4n) is 3.37. The number of benzene rings is 4. The molecule has 6 nitrogen and oxygen atoms in total. The monoisotopic (exact) mass is 451 g/mol. The molecule has 170 valence electrons. The van der Waals surface area contributed by atoms with Gasteiger partial charge in [0.25, 0.3) is 5.91 Å². The third-order valence-electron chi connectivity index (χ3n) is 5.00. The average molecular weight is 452 g/mol. The van der Waals surface area contributed by atoms with E-state index >= 15 is 0 Å². The molecule has 0 fully saturated rings. The van der Waals surface area contributed by atoms with Crippen LogP contribution < -0.4 is 19.8 Å². The van der Waals surface area contributed by atoms with Crippen LogP contribution in [0.1, 0.15) is 5.56 Å². The zero-order valence-electron chi connectivity index (χ0n) is 18.8. The summed E-state index contributed by atoms with van der Waals surface area (Å²) in [5, 5.41) is 4.25. The third-order valence-corrected chi connectivity index (χ3v) is 5.00. The number of amides is 1. The first-order valence-electron chi connectivity index (χ1n) is 10.8. The van der Waals surface area contributed by atoms with Gasteiger partial charge in [-0.15, -0.1) is 0 Å². The Hall–Kier alpha value is -4.58. The predicted molar refractivity (Wildman–Crippen MR) is 136 cm³/mol. The zero-order chi connectivity index (χ0) is 23.6. The topological polar surface area (TPSA) is 63.2 Å². The standard InChI is InChI=1S/C28H25N3O3/c1-33-27-19-22(20-29-30-23-11-5-2-6-12-23)17-18-26(27)34-21-28(32)31(24-13-7-3-8-14-24)25-15-9-4-10-16-25/h2-20,30H,21H2,1H3. The van der Waals surface area contributed by atoms with E-state index in [0.717, 1.165) is 22.6 Å². The lowest BCUT2D eigenvalue weighted by atomic mass is 10.2. The van der Waals surface area contributed by atoms with Crippen molar-refractivity contribution in [2.75, 3.05) is 24.0 Å². The van der Waals surface area contributed by atoms with Crippen molar-refractivity contribution in [2.24, 2.45) is 5.10 Å². The fourth-order valence-corrected chi connectivity index (χ4v) is 3.37. The molecule has 0 unspecified atom stereocenters. The number of hydrogen-bond acceptors (Lipinski definition) is 5. The summed E-state index contributed by atoms with van der Waals surface area (Å²) in [6.45, 7) is -0.150. The Labute approximate surface area is 199 Å². The third kappa shape index (κ3) is 5.81. The van der Waals surface area contributed by atoms with E-state index in [1.807, 2.05) is 103 Å². The number of hydrogen-bond donors (Lipinski definition) is 1. The van der Waals surface area contributed by atoms with E-state index < -0.39 is 0 Å². The molecular weight excluding hydrogens is 426 g/mol. The summed E-state index contributed by atoms with van der Waals surface area (Å²) >= 11 is 0. The van der Waals surface area contributed by atoms with E-state index in [2.05, 4.69) is 10.5 Å². The van der Waals surface area contributed by atoms with Crippen molar-refractivity contribution in [1.29, 1.82) is 0 Å². The normalized spacial score (nSPS) is 10.6. The first-order chi connectivity index (χ1) is 16.7. The minimum Gasteiger partial charge on any atom is -0.493 e. The molecule has 0 heterocycles. The summed E-state index contributed by atoms with van der Waals surface area (Å²) < 4.78 is 11.3. The molecule has 0 aliphatic rings. The van der Waals surface area contributed by atoms with Crippen LogP contribution in [0.3, 0.4) is 0 Å². The van der Waals surface area contributed by atoms with Gasteiger partial charge in [0, 0.05) is 11.4 Å². The Kier molecular flexibility index (Phi) is 7.54. The maximum Gasteiger partial charge on any atom is 0.269 e. The summed E-state index contributed by atoms with van der Waals surface area (Å²) in [5.41, 5.74) is 6.24. The molecule has 1 amide bonds. The van der Waals surface area contributed by atoms with Crippen molar-refractivity contribution in [3.05, 3.63) is 115 Å². The molecule has 0 aliphatic heterocycles. The lowest BCUT2D eigenvalue weighted by Gasteiger charge is -2.23. The molecule has 0 atom stereocenters. The van der Waals surface area contributed by atoms with Crippen molar-refractivity contribution in [3.8, 4) is 11.5 Å². The van der Waals surface area contributed by atoms with Crippen LogP contribution in [0.5, 0.6) is 11.5 Å². The van der Waals surface area contributed by atoms with Gasteiger partial charge in [-0.25, -0.2) is 0 Å². The summed E-state index contributed by atoms with van der Waals surface area (Å²) in [6, 6.07) is 34.1. The van der Waals surface area contributed by atoms with Gasteiger partial charge in [-0.3, -0.25) is 15.1 Å². The second-order valence-corrected chi connectivity index (χ2v) is 7.34. The Morgan fingerprint density at radius 3 is 2.00 bits per heavy atom. The van der Waals surface area contributed by atoms with Crippen LogP contribution in [0.4, 0.5) is 17.1 Å². The Balaban J connectivity index is 1.46. The smallest absolute Gasteiger partial charge is 0.269 e. The summed E-state index contributed by atoms with van der Waals surface area (Å²) in [5.74, 6) is 0.796. The Morgan fingerprint density at radius 2 is 1.41 bits per heavy atom. The van der Waals surface area contributed by atoms with Crippen LogP contribution >= 0.6 is 0 Å². The summed E-state index contributed by atoms with van der Waals surface area (Å²) in [7, 11) is 1.56. The quantitative estimate of drug-likeness (QED) is 0.255. The van der Waals surface area contributed by atoms with Crippen molar-refractivity contribution >= 4 is 29.2 Å². The Bertz CT molecular complexity index is 1190. The van der Waals surface area contributed by atoms with E-state index in [4.69, 9.17) is 9.47 Å². The van der Waals surface area contributed by atoms with Gasteiger partial charge in [0.2, 0.25) is 0 Å². The first-order valence-corrected chi connectivity index (χ1v) is 10.8. The molecule has 0 aromatic heterocycles. The van der Waals surface area contributed by atoms with E-state index in [1.54, 1.807) is 24.3 Å². The van der Waals surface area contributed by atoms with E-state index in [-0.39, 0.29) is 12.5 Å². The van der Waals surface area contributed by atoms with Gasteiger partial charge in [0.05, 0.1) is 19.0 Å². The molecule has 4 aromatic carbocycles. The number of ether oxygens (including phenoxy) is 2. The van der Waals surface area contributed by atoms with Gasteiger partial charge in [0.1, 0.15) is 0 Å². The molecule has 0 spiro atoms. The number of rotatable bonds is 9. The average Bonchev–Trinajstić information content (AvgIpc) is 2.90. The van der Waals surface area contributed by atoms with Gasteiger partial charge in [-0.2, -0.15) is 5.10 Å². The van der Waals surface area contributed by atoms with E-state index in [9.17, 15) is 4.79 Å². The number of carbonyl (C=O) groups excluding carboxylic acids is 1. The first kappa shape index (κ1) is 22.6. The van der Waals surface area contributed by atoms with Gasteiger partial charge in [0.15, 0.2) is 18.1 Å². The van der Waals surface area contributed by atoms with Crippen molar-refractivity contribution in [2.45, 2.75) is 0 Å². The molecule has 4 aromatic rings. The van der Waals surface area contributed by atoms with Gasteiger partial charge in [-0.05, 0) is 60.2 Å². The van der Waals surface area contributed by atoms with Crippen molar-refractivity contribution < 1.29 is 14.3 Å². The molecule has 0 saturated carbocycles. The van der Waals surface area contributed by atoms with Gasteiger partial charge < -0.3 is 9.47 Å². The second-order valence-electron chi connectivity index (χ2n) is 7.34. The number of nitrogens with one attached hydrogen (secondary N) is 1. The van der Waals surface area contributed by atoms with Crippen LogP contribution in [-0.2, 0) is 4.79 Å². The summed E-state index contributed by atoms with van der Waals surface area (Å²) in [4.78, 5) is 14.8. The highest BCUT2D eigenvalue weighted by molar-refractivity contribution is 6.01. The second kappa shape index (κ2) is 11.3. The minimum atomic E-state index is -0.197. The fraction of sp³-hybridized carbons (Fsp3) is 0.0714. The largest absolute Gasteiger partial charge is 0.493 e. The van der Waals surface area contributed by atoms with Crippen LogP contribution in [0.2, 0.25) is 0 Å². The maximum absolute atomic E-state index is 13.2. The molecule has 34 heavy (non-hydrogen) atoms. The molecule has 0 saturated heterocycles. The number of carbonyl (C=O) groups is 1. The maximum atomic E-state index is 13.2. The van der Waals surface area contributed by atoms with Crippen molar-refractivity contribution in [1.82, 2.24) is 0 Å². The number of hydrazone groups is 1. The molecule has 4 rings (SSSR count). The van der Waals surface area contributed by atoms with E-state index in [1.165, 1.54) is 0 Å². The highest BCUT2D eigenvalue weighted by atomic mass is 16.5. The molecule has 6 heteroatoms. The molecule has 0 aliphatic carbocycles. The van der Waals surface area contributed by atoms with E-state index in [0.29, 0.717) is 11.5 Å². The number of methoxy groups -OCH3 is 1. The number of para-hydroxylation sites is 3. The number of anilines is 3. The number of nitrogens with zero attached hydrogens (tertiary/aromatic N) is 2. The molecule has 1 N–H and O–H groups in total. The molecular formula is C28H25N3O3. The van der Waals surface area contributed by atoms with Gasteiger partial charge in [-0.1, -0.05) is 54.6 Å². The Morgan fingerprint density at radius 1 is 0.824 bits per heavy atom. The lowest BCUT2D eigenvalue weighted by molar-refractivity contribution is -0.119. The highest BCUT2D eigenvalue weighted by Crippen LogP contribution is 2.29. The van der Waals surface area contributed by atoms with Gasteiger partial charge >= 0.3 is 0 Å². The van der Waals surface area contributed by atoms with Crippen molar-refractivity contribution in [3.63, 3.8) is 0 Å². The zero-order valence-corrected chi connectivity index (χ0v) is 18.8. The molecule has 0 radical (unpaired) electrons. The van der Waals surface area contributed by atoms with Crippen LogP contribution in [0, 0.1) is 0 Å². The SMILES string of the molecule is COc1cc(C=NNc2ccccc2)ccc1OCC(=O)N(c1ccccc1)c1ccccc1. The minimum absolute atomic E-state index is 0.150. The van der Waals surface area contributed by atoms with Crippen LogP contribution in [0.15, 0.2) is 114 Å². The lowest BCUT2D eigenvalue weighted by Crippen LogP contribution is -2.30. The summed E-state index contributed by atoms with van der Waals surface area (Å²) in [6.07, 6.45) is 1.69.